The van der Waals surface area contributed by atoms with Gasteiger partial charge in [0.2, 0.25) is 0 Å². The smallest absolute Gasteiger partial charge is 0.0609 e. The van der Waals surface area contributed by atoms with E-state index in [1.165, 1.54) is 0 Å². The van der Waals surface area contributed by atoms with Crippen LogP contribution in [0.5, 0.6) is 0 Å². The van der Waals surface area contributed by atoms with Crippen LogP contribution in [0.3, 0.4) is 0 Å². The molecule has 3 unspecified atom stereocenters. The van der Waals surface area contributed by atoms with E-state index in [1.807, 2.05) is 13.8 Å². The molecule has 0 bridgehead atoms. The highest BCUT2D eigenvalue weighted by Gasteiger charge is 2.22. The van der Waals surface area contributed by atoms with Crippen molar-refractivity contribution in [3.05, 3.63) is 0 Å². The van der Waals surface area contributed by atoms with Crippen molar-refractivity contribution in [1.29, 1.82) is 0 Å². The van der Waals surface area contributed by atoms with Crippen LogP contribution in [0.25, 0.3) is 0 Å². The van der Waals surface area contributed by atoms with Crippen molar-refractivity contribution in [3.63, 3.8) is 0 Å². The normalized spacial score (nSPS) is 27.6. The second kappa shape index (κ2) is 5.80. The molecule has 0 aromatic heterocycles. The van der Waals surface area contributed by atoms with Crippen molar-refractivity contribution in [1.82, 2.24) is 0 Å². The monoisotopic (exact) mass is 217 g/mol. The van der Waals surface area contributed by atoms with Crippen LogP contribution in [0.15, 0.2) is 0 Å². The molecule has 1 aliphatic rings. The molecule has 15 heavy (non-hydrogen) atoms. The van der Waals surface area contributed by atoms with E-state index >= 15 is 0 Å². The zero-order chi connectivity index (χ0) is 11.3. The summed E-state index contributed by atoms with van der Waals surface area (Å²) in [5, 5.41) is 9.02. The number of hydrogen-bond donors (Lipinski definition) is 2. The molecule has 3 N–H and O–H groups in total. The minimum Gasteiger partial charge on any atom is -0.394 e. The van der Waals surface area contributed by atoms with Crippen LogP contribution in [0, 0.1) is 5.92 Å². The molecule has 0 aliphatic carbocycles. The van der Waals surface area contributed by atoms with Crippen LogP contribution in [-0.4, -0.2) is 43.2 Å². The Bertz CT molecular complexity index is 179. The molecule has 1 heterocycles. The highest BCUT2D eigenvalue weighted by atomic mass is 16.5. The first-order chi connectivity index (χ1) is 7.03. The van der Waals surface area contributed by atoms with Gasteiger partial charge in [0.05, 0.1) is 25.9 Å². The molecule has 0 aromatic rings. The summed E-state index contributed by atoms with van der Waals surface area (Å²) in [5.41, 5.74) is 5.31. The van der Waals surface area contributed by atoms with Gasteiger partial charge in [-0.05, 0) is 26.7 Å². The van der Waals surface area contributed by atoms with Gasteiger partial charge in [-0.25, -0.2) is 0 Å². The van der Waals surface area contributed by atoms with E-state index < -0.39 is 5.54 Å². The van der Waals surface area contributed by atoms with Crippen LogP contribution >= 0.6 is 0 Å². The molecule has 0 aromatic carbocycles. The Kier molecular flexibility index (Phi) is 4.99. The first-order valence-electron chi connectivity index (χ1n) is 5.62. The van der Waals surface area contributed by atoms with Gasteiger partial charge in [-0.2, -0.15) is 0 Å². The molecule has 1 rings (SSSR count). The maximum atomic E-state index is 9.02. The molecule has 1 saturated heterocycles. The number of aliphatic hydroxyl groups is 1. The van der Waals surface area contributed by atoms with Gasteiger partial charge in [0, 0.05) is 18.1 Å². The van der Waals surface area contributed by atoms with Crippen LogP contribution in [0.4, 0.5) is 0 Å². The maximum Gasteiger partial charge on any atom is 0.0609 e. The molecule has 0 radical (unpaired) electrons. The highest BCUT2D eigenvalue weighted by molar-refractivity contribution is 4.80. The highest BCUT2D eigenvalue weighted by Crippen LogP contribution is 2.16. The van der Waals surface area contributed by atoms with E-state index in [2.05, 4.69) is 0 Å². The van der Waals surface area contributed by atoms with E-state index in [-0.39, 0.29) is 12.7 Å². The first kappa shape index (κ1) is 12.9. The minimum atomic E-state index is -0.536. The standard InChI is InChI=1S/C11H23NO3/c1-9(5-11(2,12)8-13)15-7-10-3-4-14-6-10/h9-10,13H,3-8,12H2,1-2H3. The van der Waals surface area contributed by atoms with Crippen molar-refractivity contribution in [2.45, 2.75) is 38.3 Å². The summed E-state index contributed by atoms with van der Waals surface area (Å²) in [7, 11) is 0. The number of nitrogens with two attached hydrogens (primary N) is 1. The minimum absolute atomic E-state index is 0.00671. The van der Waals surface area contributed by atoms with Gasteiger partial charge in [0.1, 0.15) is 0 Å². The zero-order valence-electron chi connectivity index (χ0n) is 9.74. The number of rotatable bonds is 6. The largest absolute Gasteiger partial charge is 0.394 e. The van der Waals surface area contributed by atoms with Crippen molar-refractivity contribution < 1.29 is 14.6 Å². The van der Waals surface area contributed by atoms with Gasteiger partial charge in [0.25, 0.3) is 0 Å². The van der Waals surface area contributed by atoms with E-state index in [0.717, 1.165) is 26.2 Å². The van der Waals surface area contributed by atoms with Crippen LogP contribution in [0.2, 0.25) is 0 Å². The van der Waals surface area contributed by atoms with Crippen LogP contribution < -0.4 is 5.73 Å². The topological polar surface area (TPSA) is 64.7 Å². The summed E-state index contributed by atoms with van der Waals surface area (Å²) in [4.78, 5) is 0. The number of aliphatic hydroxyl groups excluding tert-OH is 1. The average Bonchev–Trinajstić information content (AvgIpc) is 2.66. The summed E-state index contributed by atoms with van der Waals surface area (Å²) in [6, 6.07) is 0. The lowest BCUT2D eigenvalue weighted by Crippen LogP contribution is -2.43. The zero-order valence-corrected chi connectivity index (χ0v) is 9.74. The second-order valence-corrected chi connectivity index (χ2v) is 4.89. The van der Waals surface area contributed by atoms with E-state index in [4.69, 9.17) is 20.3 Å². The summed E-state index contributed by atoms with van der Waals surface area (Å²) in [5.74, 6) is 0.533. The summed E-state index contributed by atoms with van der Waals surface area (Å²) in [6.45, 7) is 6.23. The third-order valence-corrected chi connectivity index (χ3v) is 2.76. The Balaban J connectivity index is 2.15. The van der Waals surface area contributed by atoms with Gasteiger partial charge >= 0.3 is 0 Å². The van der Waals surface area contributed by atoms with Gasteiger partial charge in [-0.1, -0.05) is 0 Å². The molecule has 0 spiro atoms. The van der Waals surface area contributed by atoms with Crippen LogP contribution in [0.1, 0.15) is 26.7 Å². The molecule has 4 nitrogen and oxygen atoms in total. The molecule has 0 amide bonds. The Labute approximate surface area is 91.7 Å². The fraction of sp³-hybridized carbons (Fsp3) is 1.00. The van der Waals surface area contributed by atoms with E-state index in [0.29, 0.717) is 12.3 Å². The molecule has 1 fully saturated rings. The van der Waals surface area contributed by atoms with Crippen molar-refractivity contribution in [3.8, 4) is 0 Å². The van der Waals surface area contributed by atoms with E-state index in [9.17, 15) is 0 Å². The van der Waals surface area contributed by atoms with Gasteiger partial charge < -0.3 is 20.3 Å². The molecule has 3 atom stereocenters. The number of ether oxygens (including phenoxy) is 2. The van der Waals surface area contributed by atoms with Crippen molar-refractivity contribution in [2.24, 2.45) is 11.7 Å². The Morgan fingerprint density at radius 3 is 2.93 bits per heavy atom. The second-order valence-electron chi connectivity index (χ2n) is 4.89. The van der Waals surface area contributed by atoms with Crippen molar-refractivity contribution >= 4 is 0 Å². The summed E-state index contributed by atoms with van der Waals surface area (Å²) in [6.07, 6.45) is 1.86. The van der Waals surface area contributed by atoms with Gasteiger partial charge in [0.15, 0.2) is 0 Å². The van der Waals surface area contributed by atoms with Gasteiger partial charge in [-0.15, -0.1) is 0 Å². The Morgan fingerprint density at radius 2 is 2.40 bits per heavy atom. The summed E-state index contributed by atoms with van der Waals surface area (Å²) >= 11 is 0. The maximum absolute atomic E-state index is 9.02. The average molecular weight is 217 g/mol. The number of hydrogen-bond acceptors (Lipinski definition) is 4. The predicted octanol–water partition coefficient (Wildman–Crippen LogP) is 0.528. The molecule has 4 heteroatoms. The third kappa shape index (κ3) is 4.93. The van der Waals surface area contributed by atoms with E-state index in [1.54, 1.807) is 0 Å². The SMILES string of the molecule is CC(CC(C)(N)CO)OCC1CCOC1. The quantitative estimate of drug-likeness (QED) is 0.681. The van der Waals surface area contributed by atoms with Crippen LogP contribution in [-0.2, 0) is 9.47 Å². The molecule has 1 aliphatic heterocycles. The Hall–Kier alpha value is -0.160. The molecule has 90 valence electrons. The molecular weight excluding hydrogens is 194 g/mol. The van der Waals surface area contributed by atoms with Gasteiger partial charge in [-0.3, -0.25) is 0 Å². The fourth-order valence-electron chi connectivity index (χ4n) is 1.80. The summed E-state index contributed by atoms with van der Waals surface area (Å²) < 4.78 is 11.0. The third-order valence-electron chi connectivity index (χ3n) is 2.76. The van der Waals surface area contributed by atoms with Crippen molar-refractivity contribution in [2.75, 3.05) is 26.4 Å². The fourth-order valence-corrected chi connectivity index (χ4v) is 1.80. The molecular formula is C11H23NO3. The lowest BCUT2D eigenvalue weighted by atomic mass is 9.97. The Morgan fingerprint density at radius 1 is 1.67 bits per heavy atom. The lowest BCUT2D eigenvalue weighted by molar-refractivity contribution is 0.0146. The predicted molar refractivity (Wildman–Crippen MR) is 58.6 cm³/mol. The first-order valence-corrected chi connectivity index (χ1v) is 5.62. The molecule has 0 saturated carbocycles. The lowest BCUT2D eigenvalue weighted by Gasteiger charge is -2.26.